The fraction of sp³-hybridized carbons (Fsp3) is 0.333. The molecule has 4 aromatic carbocycles. The van der Waals surface area contributed by atoms with E-state index in [0.29, 0.717) is 0 Å². The van der Waals surface area contributed by atoms with E-state index in [2.05, 4.69) is 162 Å². The molecule has 0 aliphatic heterocycles. The van der Waals surface area contributed by atoms with Gasteiger partial charge in [0.2, 0.25) is 0 Å². The van der Waals surface area contributed by atoms with Gasteiger partial charge in [-0.15, -0.1) is 0 Å². The molecular formula is C36H44Si. The highest BCUT2D eigenvalue weighted by Crippen LogP contribution is 2.51. The Morgan fingerprint density at radius 2 is 0.865 bits per heavy atom. The van der Waals surface area contributed by atoms with Crippen molar-refractivity contribution in [1.29, 1.82) is 0 Å². The smallest absolute Gasteiger partial charge is 0.0654 e. The third-order valence-corrected chi connectivity index (χ3v) is 11.6. The average Bonchev–Trinajstić information content (AvgIpc) is 2.89. The van der Waals surface area contributed by atoms with Gasteiger partial charge in [0, 0.05) is 5.41 Å². The van der Waals surface area contributed by atoms with Crippen LogP contribution in [0.15, 0.2) is 121 Å². The van der Waals surface area contributed by atoms with Crippen LogP contribution in [0.5, 0.6) is 0 Å². The first-order valence-electron chi connectivity index (χ1n) is 13.8. The van der Waals surface area contributed by atoms with Crippen molar-refractivity contribution < 1.29 is 0 Å². The molecule has 0 aliphatic carbocycles. The standard InChI is InChI=1S/C36H44Si/c1-34(2,27-35(3,4)30-19-11-7-12-20-30)28-36(31-21-13-8-14-22-31,32-23-15-9-16-24-32)29-37(5,6)33-25-17-10-18-26-33/h7-26H,27-29H2,1-6H3. The molecule has 37 heavy (non-hydrogen) atoms. The van der Waals surface area contributed by atoms with Crippen LogP contribution in [0.1, 0.15) is 57.2 Å². The molecule has 0 fully saturated rings. The highest BCUT2D eigenvalue weighted by Gasteiger charge is 2.45. The van der Waals surface area contributed by atoms with Gasteiger partial charge in [-0.2, -0.15) is 0 Å². The van der Waals surface area contributed by atoms with E-state index in [1.165, 1.54) is 27.9 Å². The second-order valence-corrected chi connectivity index (χ2v) is 17.7. The molecule has 4 aromatic rings. The monoisotopic (exact) mass is 504 g/mol. The summed E-state index contributed by atoms with van der Waals surface area (Å²) >= 11 is 0. The van der Waals surface area contributed by atoms with Crippen molar-refractivity contribution in [2.75, 3.05) is 0 Å². The Morgan fingerprint density at radius 3 is 1.30 bits per heavy atom. The Labute approximate surface area is 226 Å². The van der Waals surface area contributed by atoms with Crippen LogP contribution in [-0.2, 0) is 10.8 Å². The predicted octanol–water partition coefficient (Wildman–Crippen LogP) is 9.37. The van der Waals surface area contributed by atoms with E-state index < -0.39 is 8.07 Å². The largest absolute Gasteiger partial charge is 0.0818 e. The van der Waals surface area contributed by atoms with Crippen LogP contribution in [-0.4, -0.2) is 8.07 Å². The molecule has 0 unspecified atom stereocenters. The molecule has 0 N–H and O–H groups in total. The summed E-state index contributed by atoms with van der Waals surface area (Å²) in [5.41, 5.74) is 4.46. The van der Waals surface area contributed by atoms with E-state index in [4.69, 9.17) is 0 Å². The second-order valence-electron chi connectivity index (χ2n) is 13.0. The minimum atomic E-state index is -1.80. The molecule has 0 heterocycles. The van der Waals surface area contributed by atoms with Crippen LogP contribution in [0.3, 0.4) is 0 Å². The van der Waals surface area contributed by atoms with Crippen LogP contribution < -0.4 is 5.19 Å². The highest BCUT2D eigenvalue weighted by molar-refractivity contribution is 6.90. The van der Waals surface area contributed by atoms with Crippen molar-refractivity contribution in [3.8, 4) is 0 Å². The molecule has 0 aliphatic rings. The maximum atomic E-state index is 2.56. The van der Waals surface area contributed by atoms with Gasteiger partial charge in [-0.25, -0.2) is 0 Å². The Kier molecular flexibility index (Phi) is 7.95. The second kappa shape index (κ2) is 10.8. The molecule has 1 heteroatoms. The summed E-state index contributed by atoms with van der Waals surface area (Å²) in [6.45, 7) is 14.9. The van der Waals surface area contributed by atoms with Crippen molar-refractivity contribution in [1.82, 2.24) is 0 Å². The van der Waals surface area contributed by atoms with Crippen LogP contribution in [0.4, 0.5) is 0 Å². The van der Waals surface area contributed by atoms with Crippen LogP contribution in [0.2, 0.25) is 19.1 Å². The number of benzene rings is 4. The summed E-state index contributed by atoms with van der Waals surface area (Å²) in [7, 11) is -1.80. The molecule has 0 bridgehead atoms. The van der Waals surface area contributed by atoms with Gasteiger partial charge >= 0.3 is 0 Å². The third-order valence-electron chi connectivity index (χ3n) is 8.21. The van der Waals surface area contributed by atoms with E-state index in [0.717, 1.165) is 12.8 Å². The molecular weight excluding hydrogens is 460 g/mol. The minimum Gasteiger partial charge on any atom is -0.0654 e. The van der Waals surface area contributed by atoms with E-state index in [1.54, 1.807) is 0 Å². The Morgan fingerprint density at radius 1 is 0.486 bits per heavy atom. The normalized spacial score (nSPS) is 12.9. The van der Waals surface area contributed by atoms with E-state index in [1.807, 2.05) is 0 Å². The molecule has 0 radical (unpaired) electrons. The van der Waals surface area contributed by atoms with Gasteiger partial charge in [0.1, 0.15) is 0 Å². The van der Waals surface area contributed by atoms with Crippen LogP contribution >= 0.6 is 0 Å². The molecule has 0 saturated carbocycles. The fourth-order valence-electron chi connectivity index (χ4n) is 6.96. The van der Waals surface area contributed by atoms with Gasteiger partial charge in [0.25, 0.3) is 0 Å². The highest BCUT2D eigenvalue weighted by atomic mass is 28.3. The van der Waals surface area contributed by atoms with Crippen molar-refractivity contribution >= 4 is 13.3 Å². The fourth-order valence-corrected chi connectivity index (χ4v) is 10.3. The molecule has 192 valence electrons. The maximum Gasteiger partial charge on any atom is 0.0818 e. The number of hydrogen-bond donors (Lipinski definition) is 0. The lowest BCUT2D eigenvalue weighted by atomic mass is 9.61. The Balaban J connectivity index is 1.83. The lowest BCUT2D eigenvalue weighted by Gasteiger charge is -2.47. The van der Waals surface area contributed by atoms with Crippen molar-refractivity contribution in [3.05, 3.63) is 138 Å². The number of rotatable bonds is 10. The molecule has 0 saturated heterocycles. The first-order chi connectivity index (χ1) is 17.5. The molecule has 0 aromatic heterocycles. The predicted molar refractivity (Wildman–Crippen MR) is 165 cm³/mol. The average molecular weight is 505 g/mol. The topological polar surface area (TPSA) is 0 Å². The van der Waals surface area contributed by atoms with Gasteiger partial charge in [0.15, 0.2) is 0 Å². The molecule has 0 spiro atoms. The zero-order valence-electron chi connectivity index (χ0n) is 23.7. The molecule has 0 nitrogen and oxygen atoms in total. The lowest BCUT2D eigenvalue weighted by molar-refractivity contribution is 0.202. The summed E-state index contributed by atoms with van der Waals surface area (Å²) in [5.74, 6) is 0. The Bertz CT molecular complexity index is 1200. The van der Waals surface area contributed by atoms with E-state index >= 15 is 0 Å². The first-order valence-corrected chi connectivity index (χ1v) is 17.0. The molecule has 0 atom stereocenters. The van der Waals surface area contributed by atoms with Gasteiger partial charge < -0.3 is 0 Å². The van der Waals surface area contributed by atoms with Gasteiger partial charge in [-0.05, 0) is 46.4 Å². The van der Waals surface area contributed by atoms with Crippen molar-refractivity contribution in [2.45, 2.75) is 70.5 Å². The zero-order chi connectivity index (χ0) is 26.6. The van der Waals surface area contributed by atoms with Gasteiger partial charge in [-0.1, -0.05) is 167 Å². The first kappa shape index (κ1) is 27.1. The number of hydrogen-bond acceptors (Lipinski definition) is 0. The van der Waals surface area contributed by atoms with Gasteiger partial charge in [-0.3, -0.25) is 0 Å². The summed E-state index contributed by atoms with van der Waals surface area (Å²) in [6.07, 6.45) is 2.23. The third kappa shape index (κ3) is 6.33. The lowest BCUT2D eigenvalue weighted by Crippen LogP contribution is -2.49. The molecule has 4 rings (SSSR count). The van der Waals surface area contributed by atoms with Crippen molar-refractivity contribution in [2.24, 2.45) is 5.41 Å². The van der Waals surface area contributed by atoms with Crippen LogP contribution in [0.25, 0.3) is 0 Å². The summed E-state index contributed by atoms with van der Waals surface area (Å²) in [6, 6.07) is 46.2. The quantitative estimate of drug-likeness (QED) is 0.189. The molecule has 0 amide bonds. The van der Waals surface area contributed by atoms with Gasteiger partial charge in [0.05, 0.1) is 8.07 Å². The summed E-state index contributed by atoms with van der Waals surface area (Å²) in [4.78, 5) is 0. The SMILES string of the molecule is CC(C)(CC(C)(C)c1ccccc1)CC(C[Si](C)(C)c1ccccc1)(c1ccccc1)c1ccccc1. The maximum absolute atomic E-state index is 2.56. The summed E-state index contributed by atoms with van der Waals surface area (Å²) in [5, 5.41) is 1.54. The van der Waals surface area contributed by atoms with E-state index in [-0.39, 0.29) is 16.2 Å². The van der Waals surface area contributed by atoms with E-state index in [9.17, 15) is 0 Å². The Hall–Kier alpha value is -2.90. The zero-order valence-corrected chi connectivity index (χ0v) is 24.7. The van der Waals surface area contributed by atoms with Crippen LogP contribution in [0, 0.1) is 5.41 Å². The summed E-state index contributed by atoms with van der Waals surface area (Å²) < 4.78 is 0. The minimum absolute atomic E-state index is 0.0651. The van der Waals surface area contributed by atoms with Crippen molar-refractivity contribution in [3.63, 3.8) is 0 Å².